The standard InChI is InChI=1S/C21H25N3O7S/c1-29-17-7-6-15(14-19(17)32(27,28)23-9-12-30-13-10-23)22-20(25)16-4-2-8-24(16)21(26)18-5-3-11-31-18/h3,5-7,11,14,16H,2,4,8-10,12-13H2,1H3,(H,22,25)/t16-/m0/s1. The first-order valence-electron chi connectivity index (χ1n) is 10.3. The van der Waals surface area contributed by atoms with Gasteiger partial charge >= 0.3 is 0 Å². The zero-order valence-electron chi connectivity index (χ0n) is 17.7. The number of rotatable bonds is 6. The molecule has 1 N–H and O–H groups in total. The van der Waals surface area contributed by atoms with Gasteiger partial charge in [-0.05, 0) is 43.2 Å². The van der Waals surface area contributed by atoms with Crippen LogP contribution in [0.1, 0.15) is 23.4 Å². The summed E-state index contributed by atoms with van der Waals surface area (Å²) in [4.78, 5) is 27.1. The van der Waals surface area contributed by atoms with Crippen LogP contribution in [0.4, 0.5) is 5.69 Å². The summed E-state index contributed by atoms with van der Waals surface area (Å²) in [6.07, 6.45) is 2.60. The normalized spacial score (nSPS) is 19.7. The van der Waals surface area contributed by atoms with Crippen molar-refractivity contribution in [2.45, 2.75) is 23.8 Å². The van der Waals surface area contributed by atoms with Crippen molar-refractivity contribution < 1.29 is 31.9 Å². The summed E-state index contributed by atoms with van der Waals surface area (Å²) in [5.74, 6) is -0.377. The maximum absolute atomic E-state index is 13.1. The van der Waals surface area contributed by atoms with Gasteiger partial charge in [0.1, 0.15) is 16.7 Å². The largest absolute Gasteiger partial charge is 0.495 e. The predicted octanol–water partition coefficient (Wildman–Crippen LogP) is 1.55. The van der Waals surface area contributed by atoms with Gasteiger partial charge in [-0.25, -0.2) is 8.42 Å². The minimum absolute atomic E-state index is 0.0327. The molecule has 2 aliphatic rings. The second-order valence-corrected chi connectivity index (χ2v) is 9.41. The first-order valence-corrected chi connectivity index (χ1v) is 11.8. The zero-order chi connectivity index (χ0) is 22.7. The van der Waals surface area contributed by atoms with Crippen LogP contribution >= 0.6 is 0 Å². The van der Waals surface area contributed by atoms with Crippen molar-refractivity contribution in [3.8, 4) is 5.75 Å². The summed E-state index contributed by atoms with van der Waals surface area (Å²) in [5.41, 5.74) is 0.305. The highest BCUT2D eigenvalue weighted by Gasteiger charge is 2.36. The number of amides is 2. The van der Waals surface area contributed by atoms with Gasteiger partial charge in [-0.2, -0.15) is 4.31 Å². The fraction of sp³-hybridized carbons (Fsp3) is 0.429. The van der Waals surface area contributed by atoms with Crippen LogP contribution in [0.5, 0.6) is 5.75 Å². The van der Waals surface area contributed by atoms with Crippen molar-refractivity contribution in [2.75, 3.05) is 45.3 Å². The number of sulfonamides is 1. The Labute approximate surface area is 186 Å². The van der Waals surface area contributed by atoms with Crippen LogP contribution in [0.25, 0.3) is 0 Å². The van der Waals surface area contributed by atoms with E-state index in [0.29, 0.717) is 38.3 Å². The Hall–Kier alpha value is -2.89. The van der Waals surface area contributed by atoms with Gasteiger partial charge in [-0.3, -0.25) is 9.59 Å². The van der Waals surface area contributed by atoms with E-state index in [2.05, 4.69) is 5.32 Å². The van der Waals surface area contributed by atoms with Crippen LogP contribution in [-0.4, -0.2) is 75.4 Å². The number of hydrogen-bond donors (Lipinski definition) is 1. The fourth-order valence-corrected chi connectivity index (χ4v) is 5.52. The number of furan rings is 1. The summed E-state index contributed by atoms with van der Waals surface area (Å²) >= 11 is 0. The van der Waals surface area contributed by atoms with Crippen molar-refractivity contribution in [3.05, 3.63) is 42.4 Å². The first kappa shape index (κ1) is 22.3. The molecule has 0 bridgehead atoms. The molecule has 32 heavy (non-hydrogen) atoms. The van der Waals surface area contributed by atoms with Crippen molar-refractivity contribution in [2.24, 2.45) is 0 Å². The molecule has 172 valence electrons. The first-order chi connectivity index (χ1) is 15.4. The SMILES string of the molecule is COc1ccc(NC(=O)[C@@H]2CCCN2C(=O)c2ccco2)cc1S(=O)(=O)N1CCOCC1. The van der Waals surface area contributed by atoms with Gasteiger partial charge in [0, 0.05) is 25.3 Å². The average Bonchev–Trinajstić information content (AvgIpc) is 3.51. The van der Waals surface area contributed by atoms with E-state index in [4.69, 9.17) is 13.9 Å². The van der Waals surface area contributed by atoms with E-state index in [-0.39, 0.29) is 41.3 Å². The number of methoxy groups -OCH3 is 1. The highest BCUT2D eigenvalue weighted by atomic mass is 32.2. The third-order valence-corrected chi connectivity index (χ3v) is 7.49. The van der Waals surface area contributed by atoms with Crippen LogP contribution in [0.2, 0.25) is 0 Å². The number of anilines is 1. The molecule has 0 aliphatic carbocycles. The van der Waals surface area contributed by atoms with E-state index in [9.17, 15) is 18.0 Å². The molecule has 2 fully saturated rings. The molecule has 0 spiro atoms. The summed E-state index contributed by atoms with van der Waals surface area (Å²) in [5, 5.41) is 2.75. The molecule has 0 radical (unpaired) electrons. The fourth-order valence-electron chi connectivity index (χ4n) is 3.93. The molecule has 11 heteroatoms. The van der Waals surface area contributed by atoms with E-state index < -0.39 is 16.1 Å². The number of carbonyl (C=O) groups is 2. The number of nitrogens with zero attached hydrogens (tertiary/aromatic N) is 2. The number of carbonyl (C=O) groups excluding carboxylic acids is 2. The molecule has 10 nitrogen and oxygen atoms in total. The van der Waals surface area contributed by atoms with Gasteiger partial charge in [-0.1, -0.05) is 0 Å². The molecule has 1 atom stereocenters. The van der Waals surface area contributed by atoms with Gasteiger partial charge in [0.05, 0.1) is 26.6 Å². The highest BCUT2D eigenvalue weighted by Crippen LogP contribution is 2.31. The highest BCUT2D eigenvalue weighted by molar-refractivity contribution is 7.89. The third-order valence-electron chi connectivity index (χ3n) is 5.57. The van der Waals surface area contributed by atoms with Crippen LogP contribution in [0, 0.1) is 0 Å². The number of benzene rings is 1. The van der Waals surface area contributed by atoms with Gasteiger partial charge in [0.25, 0.3) is 5.91 Å². The van der Waals surface area contributed by atoms with Crippen molar-refractivity contribution in [3.63, 3.8) is 0 Å². The Bertz CT molecular complexity index is 1080. The molecule has 0 saturated carbocycles. The number of morpholine rings is 1. The van der Waals surface area contributed by atoms with Gasteiger partial charge in [-0.15, -0.1) is 0 Å². The quantitative estimate of drug-likeness (QED) is 0.690. The van der Waals surface area contributed by atoms with Gasteiger partial charge in [0.15, 0.2) is 5.76 Å². The number of likely N-dealkylation sites (tertiary alicyclic amines) is 1. The van der Waals surface area contributed by atoms with E-state index in [0.717, 1.165) is 0 Å². The van der Waals surface area contributed by atoms with Gasteiger partial charge in [0.2, 0.25) is 15.9 Å². The second kappa shape index (κ2) is 9.31. The molecule has 1 aromatic heterocycles. The van der Waals surface area contributed by atoms with E-state index in [1.54, 1.807) is 18.2 Å². The van der Waals surface area contributed by atoms with Gasteiger partial charge < -0.3 is 24.1 Å². The lowest BCUT2D eigenvalue weighted by molar-refractivity contribution is -0.119. The van der Waals surface area contributed by atoms with Crippen LogP contribution < -0.4 is 10.1 Å². The average molecular weight is 464 g/mol. The second-order valence-electron chi connectivity index (χ2n) is 7.51. The van der Waals surface area contributed by atoms with E-state index in [1.165, 1.54) is 34.7 Å². The molecule has 0 unspecified atom stereocenters. The summed E-state index contributed by atoms with van der Waals surface area (Å²) in [6, 6.07) is 6.96. The molecule has 3 heterocycles. The monoisotopic (exact) mass is 463 g/mol. The lowest BCUT2D eigenvalue weighted by atomic mass is 10.2. The van der Waals surface area contributed by atoms with Crippen LogP contribution in [0.3, 0.4) is 0 Å². The lowest BCUT2D eigenvalue weighted by Gasteiger charge is -2.27. The molecular weight excluding hydrogens is 438 g/mol. The smallest absolute Gasteiger partial charge is 0.290 e. The van der Waals surface area contributed by atoms with Crippen molar-refractivity contribution >= 4 is 27.5 Å². The van der Waals surface area contributed by atoms with E-state index >= 15 is 0 Å². The molecule has 2 aromatic rings. The van der Waals surface area contributed by atoms with Crippen LogP contribution in [-0.2, 0) is 19.6 Å². The molecule has 4 rings (SSSR count). The Kier molecular flexibility index (Phi) is 6.49. The minimum Gasteiger partial charge on any atom is -0.495 e. The Balaban J connectivity index is 1.54. The lowest BCUT2D eigenvalue weighted by Crippen LogP contribution is -2.43. The Morgan fingerprint density at radius 2 is 1.94 bits per heavy atom. The van der Waals surface area contributed by atoms with E-state index in [1.807, 2.05) is 0 Å². The van der Waals surface area contributed by atoms with Crippen LogP contribution in [0.15, 0.2) is 45.9 Å². The molecular formula is C21H25N3O7S. The number of hydrogen-bond acceptors (Lipinski definition) is 7. The molecule has 1 aromatic carbocycles. The number of nitrogens with one attached hydrogen (secondary N) is 1. The summed E-state index contributed by atoms with van der Waals surface area (Å²) in [7, 11) is -2.44. The van der Waals surface area contributed by atoms with Crippen molar-refractivity contribution in [1.29, 1.82) is 0 Å². The molecule has 2 aliphatic heterocycles. The van der Waals surface area contributed by atoms with Crippen molar-refractivity contribution in [1.82, 2.24) is 9.21 Å². The number of ether oxygens (including phenoxy) is 2. The molecule has 2 saturated heterocycles. The topological polar surface area (TPSA) is 118 Å². The zero-order valence-corrected chi connectivity index (χ0v) is 18.5. The maximum atomic E-state index is 13.1. The maximum Gasteiger partial charge on any atom is 0.290 e. The minimum atomic E-state index is -3.84. The molecule has 2 amide bonds. The summed E-state index contributed by atoms with van der Waals surface area (Å²) in [6.45, 7) is 1.57. The summed E-state index contributed by atoms with van der Waals surface area (Å²) < 4.78 is 43.3. The third kappa shape index (κ3) is 4.36. The Morgan fingerprint density at radius 3 is 2.62 bits per heavy atom. The Morgan fingerprint density at radius 1 is 1.16 bits per heavy atom. The predicted molar refractivity (Wildman–Crippen MR) is 114 cm³/mol.